The predicted molar refractivity (Wildman–Crippen MR) is 102 cm³/mol. The lowest BCUT2D eigenvalue weighted by Gasteiger charge is -2.13. The van der Waals surface area contributed by atoms with Gasteiger partial charge < -0.3 is 11.1 Å². The first kappa shape index (κ1) is 19.4. The molecule has 1 saturated carbocycles. The molecule has 132 valence electrons. The highest BCUT2D eigenvalue weighted by Gasteiger charge is 2.28. The van der Waals surface area contributed by atoms with E-state index in [1.165, 1.54) is 0 Å². The molecule has 0 aromatic heterocycles. The van der Waals surface area contributed by atoms with E-state index in [9.17, 15) is 9.59 Å². The van der Waals surface area contributed by atoms with Crippen LogP contribution < -0.4 is 11.1 Å². The molecule has 25 heavy (non-hydrogen) atoms. The Kier molecular flexibility index (Phi) is 6.59. The van der Waals surface area contributed by atoms with Gasteiger partial charge in [0.25, 0.3) is 5.91 Å². The maximum absolute atomic E-state index is 12.7. The third-order valence-electron chi connectivity index (χ3n) is 4.25. The minimum absolute atomic E-state index is 0. The van der Waals surface area contributed by atoms with E-state index in [0.29, 0.717) is 34.2 Å². The second kappa shape index (κ2) is 8.48. The lowest BCUT2D eigenvalue weighted by Crippen LogP contribution is -2.39. The molecule has 4 nitrogen and oxygen atoms in total. The zero-order chi connectivity index (χ0) is 17.1. The van der Waals surface area contributed by atoms with Gasteiger partial charge in [-0.2, -0.15) is 0 Å². The van der Waals surface area contributed by atoms with E-state index < -0.39 is 0 Å². The Morgan fingerprint density at radius 3 is 2.28 bits per heavy atom. The molecule has 3 N–H and O–H groups in total. The molecule has 1 aliphatic rings. The van der Waals surface area contributed by atoms with Crippen molar-refractivity contribution in [1.82, 2.24) is 5.32 Å². The molecule has 0 spiro atoms. The largest absolute Gasteiger partial charge is 0.350 e. The van der Waals surface area contributed by atoms with E-state index in [1.54, 1.807) is 48.5 Å². The molecule has 0 aliphatic heterocycles. The number of rotatable bonds is 6. The number of nitrogens with two attached hydrogens (primary N) is 1. The minimum atomic E-state index is -0.274. The molecule has 0 radical (unpaired) electrons. The van der Waals surface area contributed by atoms with Crippen LogP contribution in [-0.2, 0) is 0 Å². The smallest absolute Gasteiger partial charge is 0.252 e. The zero-order valence-corrected chi connectivity index (χ0v) is 15.1. The maximum atomic E-state index is 12.7. The number of carbonyl (C=O) groups excluding carboxylic acids is 2. The number of ketones is 1. The highest BCUT2D eigenvalue weighted by molar-refractivity contribution is 6.30. The van der Waals surface area contributed by atoms with Crippen molar-refractivity contribution >= 4 is 35.7 Å². The van der Waals surface area contributed by atoms with Crippen molar-refractivity contribution in [3.63, 3.8) is 0 Å². The van der Waals surface area contributed by atoms with Crippen molar-refractivity contribution in [1.29, 1.82) is 0 Å². The van der Waals surface area contributed by atoms with Gasteiger partial charge in [-0.05, 0) is 49.1 Å². The summed E-state index contributed by atoms with van der Waals surface area (Å²) < 4.78 is 0. The Hall–Kier alpha value is -1.88. The number of benzene rings is 2. The Balaban J connectivity index is 0.00000225. The van der Waals surface area contributed by atoms with Gasteiger partial charge >= 0.3 is 0 Å². The molecule has 6 heteroatoms. The van der Waals surface area contributed by atoms with Crippen LogP contribution in [0.15, 0.2) is 48.5 Å². The van der Waals surface area contributed by atoms with Gasteiger partial charge in [0.2, 0.25) is 0 Å². The highest BCUT2D eigenvalue weighted by Crippen LogP contribution is 2.31. The first-order valence-electron chi connectivity index (χ1n) is 7.99. The van der Waals surface area contributed by atoms with Crippen LogP contribution in [-0.4, -0.2) is 24.3 Å². The first-order chi connectivity index (χ1) is 11.6. The third-order valence-corrected chi connectivity index (χ3v) is 4.50. The molecule has 0 saturated heterocycles. The van der Waals surface area contributed by atoms with Gasteiger partial charge in [0.05, 0.1) is 5.56 Å². The van der Waals surface area contributed by atoms with E-state index in [2.05, 4.69) is 5.32 Å². The SMILES string of the molecule is Cl.NC(CNC(=O)c1ccccc1C(=O)c1ccc(Cl)cc1)C1CC1. The van der Waals surface area contributed by atoms with E-state index in [1.807, 2.05) is 0 Å². The Labute approximate surface area is 158 Å². The van der Waals surface area contributed by atoms with Crippen molar-refractivity contribution in [2.75, 3.05) is 6.54 Å². The lowest BCUT2D eigenvalue weighted by molar-refractivity contribution is 0.0939. The second-order valence-corrected chi connectivity index (χ2v) is 6.53. The van der Waals surface area contributed by atoms with Crippen molar-refractivity contribution in [2.45, 2.75) is 18.9 Å². The van der Waals surface area contributed by atoms with Crippen LogP contribution in [0, 0.1) is 5.92 Å². The van der Waals surface area contributed by atoms with Crippen LogP contribution in [0.5, 0.6) is 0 Å². The molecule has 0 heterocycles. The predicted octanol–water partition coefficient (Wildman–Crippen LogP) is 3.46. The number of amides is 1. The molecule has 0 bridgehead atoms. The molecule has 1 fully saturated rings. The van der Waals surface area contributed by atoms with Gasteiger partial charge in [-0.25, -0.2) is 0 Å². The van der Waals surface area contributed by atoms with Crippen LogP contribution in [0.4, 0.5) is 0 Å². The molecule has 3 rings (SSSR count). The highest BCUT2D eigenvalue weighted by atomic mass is 35.5. The third kappa shape index (κ3) is 4.82. The van der Waals surface area contributed by atoms with Gasteiger partial charge in [-0.1, -0.05) is 29.8 Å². The zero-order valence-electron chi connectivity index (χ0n) is 13.6. The van der Waals surface area contributed by atoms with Gasteiger partial charge in [0, 0.05) is 28.7 Å². The Morgan fingerprint density at radius 1 is 1.08 bits per heavy atom. The fraction of sp³-hybridized carbons (Fsp3) is 0.263. The van der Waals surface area contributed by atoms with Gasteiger partial charge in [0.1, 0.15) is 0 Å². The fourth-order valence-corrected chi connectivity index (χ4v) is 2.76. The average Bonchev–Trinajstić information content (AvgIpc) is 3.44. The van der Waals surface area contributed by atoms with Gasteiger partial charge in [-0.15, -0.1) is 12.4 Å². The number of hydrogen-bond donors (Lipinski definition) is 2. The van der Waals surface area contributed by atoms with E-state index >= 15 is 0 Å². The molecule has 2 aromatic rings. The van der Waals surface area contributed by atoms with Crippen LogP contribution in [0.3, 0.4) is 0 Å². The molecule has 1 atom stereocenters. The summed E-state index contributed by atoms with van der Waals surface area (Å²) in [6, 6.07) is 13.4. The van der Waals surface area contributed by atoms with Crippen molar-refractivity contribution in [3.8, 4) is 0 Å². The molecule has 1 amide bonds. The first-order valence-corrected chi connectivity index (χ1v) is 8.37. The van der Waals surface area contributed by atoms with E-state index in [0.717, 1.165) is 12.8 Å². The van der Waals surface area contributed by atoms with Gasteiger partial charge in [0.15, 0.2) is 5.78 Å². The minimum Gasteiger partial charge on any atom is -0.350 e. The summed E-state index contributed by atoms with van der Waals surface area (Å²) in [6.07, 6.45) is 2.26. The van der Waals surface area contributed by atoms with Crippen molar-refractivity contribution in [2.24, 2.45) is 11.7 Å². The van der Waals surface area contributed by atoms with Gasteiger partial charge in [-0.3, -0.25) is 9.59 Å². The summed E-state index contributed by atoms with van der Waals surface area (Å²) in [7, 11) is 0. The normalized spacial score (nSPS) is 14.3. The number of nitrogens with one attached hydrogen (secondary N) is 1. The monoisotopic (exact) mass is 378 g/mol. The summed E-state index contributed by atoms with van der Waals surface area (Å²) in [5.41, 5.74) is 7.24. The fourth-order valence-electron chi connectivity index (χ4n) is 2.63. The second-order valence-electron chi connectivity index (χ2n) is 6.09. The van der Waals surface area contributed by atoms with Crippen LogP contribution in [0.2, 0.25) is 5.02 Å². The Morgan fingerprint density at radius 2 is 1.68 bits per heavy atom. The van der Waals surface area contributed by atoms with E-state index in [4.69, 9.17) is 17.3 Å². The number of halogens is 2. The quantitative estimate of drug-likeness (QED) is 0.755. The summed E-state index contributed by atoms with van der Waals surface area (Å²) in [5, 5.41) is 3.40. The van der Waals surface area contributed by atoms with Crippen LogP contribution in [0.1, 0.15) is 39.1 Å². The molecular weight excluding hydrogens is 359 g/mol. The van der Waals surface area contributed by atoms with Crippen molar-refractivity contribution < 1.29 is 9.59 Å². The van der Waals surface area contributed by atoms with E-state index in [-0.39, 0.29) is 30.1 Å². The average molecular weight is 379 g/mol. The molecule has 1 aliphatic carbocycles. The summed E-state index contributed by atoms with van der Waals surface area (Å²) >= 11 is 5.86. The number of carbonyl (C=O) groups is 2. The molecule has 2 aromatic carbocycles. The molecular formula is C19H20Cl2N2O2. The summed E-state index contributed by atoms with van der Waals surface area (Å²) in [5.74, 6) is 0.0316. The standard InChI is InChI=1S/C19H19ClN2O2.ClH/c20-14-9-7-13(8-10-14)18(23)15-3-1-2-4-16(15)19(24)22-11-17(21)12-5-6-12;/h1-4,7-10,12,17H,5-6,11,21H2,(H,22,24);1H. The summed E-state index contributed by atoms with van der Waals surface area (Å²) in [6.45, 7) is 0.424. The Bertz CT molecular complexity index is 758. The van der Waals surface area contributed by atoms with Crippen LogP contribution in [0.25, 0.3) is 0 Å². The van der Waals surface area contributed by atoms with Crippen molar-refractivity contribution in [3.05, 3.63) is 70.2 Å². The lowest BCUT2D eigenvalue weighted by atomic mass is 9.98. The molecule has 1 unspecified atom stereocenters. The topological polar surface area (TPSA) is 72.2 Å². The summed E-state index contributed by atoms with van der Waals surface area (Å²) in [4.78, 5) is 25.2. The number of hydrogen-bond acceptors (Lipinski definition) is 3. The maximum Gasteiger partial charge on any atom is 0.252 e. The van der Waals surface area contributed by atoms with Crippen LogP contribution >= 0.6 is 24.0 Å².